The van der Waals surface area contributed by atoms with E-state index in [0.29, 0.717) is 5.01 Å². The Morgan fingerprint density at radius 2 is 1.96 bits per heavy atom. The summed E-state index contributed by atoms with van der Waals surface area (Å²) in [6.45, 7) is -0.123. The Labute approximate surface area is 153 Å². The Morgan fingerprint density at radius 1 is 1.23 bits per heavy atom. The third-order valence-corrected chi connectivity index (χ3v) is 6.42. The smallest absolute Gasteiger partial charge is 0.341 e. The molecule has 0 aliphatic rings. The summed E-state index contributed by atoms with van der Waals surface area (Å²) in [6.07, 6.45) is 0. The molecule has 0 fully saturated rings. The molecule has 0 unspecified atom stereocenters. The van der Waals surface area contributed by atoms with Gasteiger partial charge in [-0.1, -0.05) is 12.1 Å². The summed E-state index contributed by atoms with van der Waals surface area (Å²) in [4.78, 5) is 16.4. The first kappa shape index (κ1) is 18.4. The average molecular weight is 394 g/mol. The van der Waals surface area contributed by atoms with Crippen LogP contribution in [0.1, 0.15) is 15.4 Å². The number of sulfonamides is 1. The zero-order chi connectivity index (χ0) is 18.9. The summed E-state index contributed by atoms with van der Waals surface area (Å²) < 4.78 is 45.3. The molecule has 9 heteroatoms. The number of esters is 1. The van der Waals surface area contributed by atoms with E-state index < -0.39 is 27.4 Å². The topological polar surface area (TPSA) is 76.6 Å². The van der Waals surface area contributed by atoms with E-state index in [-0.39, 0.29) is 11.5 Å². The summed E-state index contributed by atoms with van der Waals surface area (Å²) in [6, 6.07) is 10.5. The summed E-state index contributed by atoms with van der Waals surface area (Å²) in [5, 5.41) is 0.567. The van der Waals surface area contributed by atoms with Crippen molar-refractivity contribution in [2.45, 2.75) is 11.5 Å². The monoisotopic (exact) mass is 394 g/mol. The number of carbonyl (C=O) groups is 1. The van der Waals surface area contributed by atoms with Crippen molar-refractivity contribution in [2.75, 3.05) is 14.1 Å². The van der Waals surface area contributed by atoms with Gasteiger partial charge in [-0.05, 0) is 30.3 Å². The van der Waals surface area contributed by atoms with Crippen LogP contribution in [0.2, 0.25) is 0 Å². The third kappa shape index (κ3) is 3.59. The molecule has 0 saturated carbocycles. The lowest BCUT2D eigenvalue weighted by Gasteiger charge is -2.12. The SMILES string of the molecule is CN(C)S(=O)(=O)c1ccc(F)c(C(=O)OCc2nc3ccccc3s2)c1. The van der Waals surface area contributed by atoms with Crippen molar-refractivity contribution in [1.29, 1.82) is 0 Å². The van der Waals surface area contributed by atoms with Crippen molar-refractivity contribution < 1.29 is 22.3 Å². The number of hydrogen-bond acceptors (Lipinski definition) is 6. The van der Waals surface area contributed by atoms with Crippen LogP contribution >= 0.6 is 11.3 Å². The standard InChI is InChI=1S/C17H15FN2O4S2/c1-20(2)26(22,23)11-7-8-13(18)12(9-11)17(21)24-10-16-19-14-5-3-4-6-15(14)25-16/h3-9H,10H2,1-2H3. The van der Waals surface area contributed by atoms with Crippen molar-refractivity contribution in [3.05, 3.63) is 58.9 Å². The minimum atomic E-state index is -3.79. The molecule has 6 nitrogen and oxygen atoms in total. The molecule has 1 aromatic heterocycles. The van der Waals surface area contributed by atoms with E-state index in [1.807, 2.05) is 24.3 Å². The molecule has 1 heterocycles. The highest BCUT2D eigenvalue weighted by atomic mass is 32.2. The van der Waals surface area contributed by atoms with E-state index in [9.17, 15) is 17.6 Å². The number of nitrogens with zero attached hydrogens (tertiary/aromatic N) is 2. The van der Waals surface area contributed by atoms with Crippen LogP contribution in [0.5, 0.6) is 0 Å². The molecule has 0 radical (unpaired) electrons. The zero-order valence-corrected chi connectivity index (χ0v) is 15.6. The van der Waals surface area contributed by atoms with Gasteiger partial charge in [-0.3, -0.25) is 0 Å². The van der Waals surface area contributed by atoms with Gasteiger partial charge in [0.15, 0.2) is 0 Å². The second-order valence-electron chi connectivity index (χ2n) is 5.58. The molecule has 0 aliphatic heterocycles. The second kappa shape index (κ2) is 7.10. The number of carbonyl (C=O) groups excluding carboxylic acids is 1. The highest BCUT2D eigenvalue weighted by Gasteiger charge is 2.22. The van der Waals surface area contributed by atoms with Gasteiger partial charge < -0.3 is 4.74 Å². The highest BCUT2D eigenvalue weighted by molar-refractivity contribution is 7.89. The number of halogens is 1. The van der Waals surface area contributed by atoms with E-state index in [1.165, 1.54) is 25.4 Å². The van der Waals surface area contributed by atoms with Crippen molar-refractivity contribution in [2.24, 2.45) is 0 Å². The molecular weight excluding hydrogens is 379 g/mol. The fourth-order valence-corrected chi connectivity index (χ4v) is 4.03. The minimum absolute atomic E-state index is 0.123. The van der Waals surface area contributed by atoms with Gasteiger partial charge in [-0.25, -0.2) is 26.9 Å². The van der Waals surface area contributed by atoms with E-state index in [1.54, 1.807) is 0 Å². The van der Waals surface area contributed by atoms with Gasteiger partial charge in [0, 0.05) is 14.1 Å². The fraction of sp³-hybridized carbons (Fsp3) is 0.176. The Balaban J connectivity index is 1.81. The molecule has 3 aromatic rings. The van der Waals surface area contributed by atoms with Crippen LogP contribution < -0.4 is 0 Å². The Bertz CT molecular complexity index is 1040. The normalized spacial score (nSPS) is 11.8. The fourth-order valence-electron chi connectivity index (χ4n) is 2.22. The molecule has 0 spiro atoms. The number of ether oxygens (including phenoxy) is 1. The maximum Gasteiger partial charge on any atom is 0.341 e. The van der Waals surface area contributed by atoms with Crippen molar-refractivity contribution >= 4 is 37.5 Å². The van der Waals surface area contributed by atoms with Crippen LogP contribution in [0.15, 0.2) is 47.4 Å². The molecule has 0 aliphatic carbocycles. The first-order valence-electron chi connectivity index (χ1n) is 7.52. The minimum Gasteiger partial charge on any atom is -0.455 e. The van der Waals surface area contributed by atoms with E-state index in [4.69, 9.17) is 4.74 Å². The van der Waals surface area contributed by atoms with Gasteiger partial charge in [0.1, 0.15) is 17.4 Å². The second-order valence-corrected chi connectivity index (χ2v) is 8.85. The van der Waals surface area contributed by atoms with Gasteiger partial charge in [0.2, 0.25) is 10.0 Å². The first-order valence-corrected chi connectivity index (χ1v) is 9.78. The summed E-state index contributed by atoms with van der Waals surface area (Å²) >= 11 is 1.37. The quantitative estimate of drug-likeness (QED) is 0.622. The van der Waals surface area contributed by atoms with Crippen LogP contribution in [-0.4, -0.2) is 37.8 Å². The molecule has 136 valence electrons. The Kier molecular flexibility index (Phi) is 5.03. The predicted molar refractivity (Wildman–Crippen MR) is 96.0 cm³/mol. The molecule has 0 bridgehead atoms. The summed E-state index contributed by atoms with van der Waals surface area (Å²) in [7, 11) is -1.08. The first-order chi connectivity index (χ1) is 12.3. The molecular formula is C17H15FN2O4S2. The van der Waals surface area contributed by atoms with Crippen LogP contribution in [0.3, 0.4) is 0 Å². The summed E-state index contributed by atoms with van der Waals surface area (Å²) in [5.41, 5.74) is 0.350. The van der Waals surface area contributed by atoms with Gasteiger partial charge in [0.25, 0.3) is 0 Å². The number of aromatic nitrogens is 1. The summed E-state index contributed by atoms with van der Waals surface area (Å²) in [5.74, 6) is -1.80. The van der Waals surface area contributed by atoms with E-state index >= 15 is 0 Å². The van der Waals surface area contributed by atoms with Crippen LogP contribution in [0.25, 0.3) is 10.2 Å². The molecule has 0 atom stereocenters. The van der Waals surface area contributed by atoms with Crippen molar-refractivity contribution in [3.63, 3.8) is 0 Å². The van der Waals surface area contributed by atoms with Crippen LogP contribution in [-0.2, 0) is 21.4 Å². The number of thiazole rings is 1. The number of hydrogen-bond donors (Lipinski definition) is 0. The number of rotatable bonds is 5. The molecule has 2 aromatic carbocycles. The van der Waals surface area contributed by atoms with Gasteiger partial charge in [-0.2, -0.15) is 0 Å². The average Bonchev–Trinajstić information content (AvgIpc) is 3.02. The predicted octanol–water partition coefficient (Wildman–Crippen LogP) is 3.04. The number of benzene rings is 2. The van der Waals surface area contributed by atoms with Gasteiger partial charge in [-0.15, -0.1) is 11.3 Å². The van der Waals surface area contributed by atoms with Gasteiger partial charge >= 0.3 is 5.97 Å². The third-order valence-electron chi connectivity index (χ3n) is 3.60. The highest BCUT2D eigenvalue weighted by Crippen LogP contribution is 2.23. The number of fused-ring (bicyclic) bond motifs is 1. The van der Waals surface area contributed by atoms with Gasteiger partial charge in [0.05, 0.1) is 20.7 Å². The lowest BCUT2D eigenvalue weighted by Crippen LogP contribution is -2.22. The zero-order valence-electron chi connectivity index (χ0n) is 14.0. The maximum absolute atomic E-state index is 14.0. The molecule has 3 rings (SSSR count). The van der Waals surface area contributed by atoms with Crippen LogP contribution in [0.4, 0.5) is 4.39 Å². The number of para-hydroxylation sites is 1. The van der Waals surface area contributed by atoms with Crippen molar-refractivity contribution in [1.82, 2.24) is 9.29 Å². The molecule has 0 amide bonds. The molecule has 0 saturated heterocycles. The lowest BCUT2D eigenvalue weighted by molar-refractivity contribution is 0.0467. The molecule has 0 N–H and O–H groups in total. The molecule has 26 heavy (non-hydrogen) atoms. The lowest BCUT2D eigenvalue weighted by atomic mass is 10.2. The largest absolute Gasteiger partial charge is 0.455 e. The Morgan fingerprint density at radius 3 is 2.65 bits per heavy atom. The van der Waals surface area contributed by atoms with E-state index in [2.05, 4.69) is 4.98 Å². The Hall–Kier alpha value is -2.36. The van der Waals surface area contributed by atoms with Crippen molar-refractivity contribution in [3.8, 4) is 0 Å². The van der Waals surface area contributed by atoms with E-state index in [0.717, 1.165) is 32.7 Å². The maximum atomic E-state index is 14.0. The van der Waals surface area contributed by atoms with Crippen LogP contribution in [0, 0.1) is 5.82 Å².